The lowest BCUT2D eigenvalue weighted by atomic mass is 10.0. The van der Waals surface area contributed by atoms with Crippen molar-refractivity contribution in [2.45, 2.75) is 38.2 Å². The van der Waals surface area contributed by atoms with Crippen molar-refractivity contribution in [1.29, 1.82) is 0 Å². The Morgan fingerprint density at radius 2 is 1.71 bits per heavy atom. The van der Waals surface area contributed by atoms with E-state index in [1.165, 1.54) is 0 Å². The molecule has 0 bridgehead atoms. The largest absolute Gasteiger partial charge is 0.463 e. The summed E-state index contributed by atoms with van der Waals surface area (Å²) in [5.74, 6) is -0.937. The van der Waals surface area contributed by atoms with Crippen LogP contribution in [0.3, 0.4) is 0 Å². The van der Waals surface area contributed by atoms with Crippen molar-refractivity contribution in [3.8, 4) is 0 Å². The van der Waals surface area contributed by atoms with Gasteiger partial charge >= 0.3 is 5.97 Å². The van der Waals surface area contributed by atoms with Crippen LogP contribution in [0.25, 0.3) is 0 Å². The summed E-state index contributed by atoms with van der Waals surface area (Å²) in [5, 5.41) is 2.85. The predicted octanol–water partition coefficient (Wildman–Crippen LogP) is 3.04. The molecule has 1 atom stereocenters. The lowest BCUT2D eigenvalue weighted by molar-refractivity contribution is -0.147. The Kier molecular flexibility index (Phi) is 7.34. The fourth-order valence-corrected chi connectivity index (χ4v) is 3.55. The lowest BCUT2D eigenvalue weighted by Gasteiger charge is -2.19. The fraction of sp³-hybridized carbons (Fsp3) is 0.333. The van der Waals surface area contributed by atoms with E-state index < -0.39 is 21.8 Å². The molecule has 0 aromatic heterocycles. The highest BCUT2D eigenvalue weighted by Crippen LogP contribution is 2.19. The number of ether oxygens (including phenoxy) is 1. The van der Waals surface area contributed by atoms with Gasteiger partial charge in [0.1, 0.15) is 0 Å². The minimum atomic E-state index is -3.21. The molecule has 1 N–H and O–H groups in total. The molecule has 7 heteroatoms. The summed E-state index contributed by atoms with van der Waals surface area (Å²) < 4.78 is 28.2. The van der Waals surface area contributed by atoms with Crippen molar-refractivity contribution in [2.75, 3.05) is 6.26 Å². The first-order chi connectivity index (χ1) is 13.1. The average Bonchev–Trinajstić information content (AvgIpc) is 2.60. The summed E-state index contributed by atoms with van der Waals surface area (Å²) in [5.41, 5.74) is 1.65. The molecular weight excluding hydrogens is 378 g/mol. The van der Waals surface area contributed by atoms with E-state index in [0.29, 0.717) is 11.1 Å². The molecule has 28 heavy (non-hydrogen) atoms. The third-order valence-electron chi connectivity index (χ3n) is 3.86. The van der Waals surface area contributed by atoms with Crippen LogP contribution in [0.1, 0.15) is 47.8 Å². The van der Waals surface area contributed by atoms with E-state index in [2.05, 4.69) is 5.32 Å². The Morgan fingerprint density at radius 1 is 1.04 bits per heavy atom. The van der Waals surface area contributed by atoms with Crippen LogP contribution in [0.5, 0.6) is 0 Å². The zero-order valence-corrected chi connectivity index (χ0v) is 17.0. The van der Waals surface area contributed by atoms with Gasteiger partial charge in [0.15, 0.2) is 9.84 Å². The van der Waals surface area contributed by atoms with Crippen LogP contribution >= 0.6 is 0 Å². The number of hydrogen-bond donors (Lipinski definition) is 1. The summed E-state index contributed by atoms with van der Waals surface area (Å²) in [4.78, 5) is 24.9. The quantitative estimate of drug-likeness (QED) is 0.684. The summed E-state index contributed by atoms with van der Waals surface area (Å²) in [6, 6.07) is 15.1. The van der Waals surface area contributed by atoms with Gasteiger partial charge < -0.3 is 10.1 Å². The van der Waals surface area contributed by atoms with Gasteiger partial charge in [-0.15, -0.1) is 0 Å². The topological polar surface area (TPSA) is 89.5 Å². The molecule has 0 fully saturated rings. The van der Waals surface area contributed by atoms with Crippen LogP contribution in [-0.4, -0.2) is 32.7 Å². The second-order valence-corrected chi connectivity index (χ2v) is 9.09. The average molecular weight is 404 g/mol. The zero-order valence-electron chi connectivity index (χ0n) is 16.2. The van der Waals surface area contributed by atoms with E-state index in [0.717, 1.165) is 11.8 Å². The maximum Gasteiger partial charge on any atom is 0.308 e. The van der Waals surface area contributed by atoms with Crippen LogP contribution in [0.15, 0.2) is 54.6 Å². The van der Waals surface area contributed by atoms with Crippen molar-refractivity contribution in [3.05, 3.63) is 71.3 Å². The van der Waals surface area contributed by atoms with Crippen LogP contribution in [-0.2, 0) is 25.1 Å². The zero-order chi connectivity index (χ0) is 20.7. The molecule has 0 spiro atoms. The molecule has 0 aliphatic carbocycles. The van der Waals surface area contributed by atoms with Gasteiger partial charge in [0, 0.05) is 11.8 Å². The Labute approximate surface area is 165 Å². The summed E-state index contributed by atoms with van der Waals surface area (Å²) >= 11 is 0. The van der Waals surface area contributed by atoms with Crippen molar-refractivity contribution in [2.24, 2.45) is 0 Å². The molecule has 0 saturated heterocycles. The number of esters is 1. The van der Waals surface area contributed by atoms with E-state index in [4.69, 9.17) is 4.74 Å². The van der Waals surface area contributed by atoms with Gasteiger partial charge in [0.2, 0.25) is 0 Å². The first-order valence-corrected chi connectivity index (χ1v) is 11.0. The van der Waals surface area contributed by atoms with Crippen molar-refractivity contribution < 1.29 is 22.7 Å². The first kappa shape index (κ1) is 21.6. The van der Waals surface area contributed by atoms with Crippen molar-refractivity contribution in [3.63, 3.8) is 0 Å². The third-order valence-corrected chi connectivity index (χ3v) is 4.72. The summed E-state index contributed by atoms with van der Waals surface area (Å²) in [7, 11) is -3.21. The smallest absolute Gasteiger partial charge is 0.308 e. The standard InChI is InChI=1S/C21H25NO5S/c1-15(2)27-20(23)13-19(17-9-5-4-6-10-17)22-21(24)18-11-7-8-16(12-18)14-28(3,25)26/h4-12,15,19H,13-14H2,1-3H3,(H,22,24)/t19-/m1/s1. The normalized spacial score (nSPS) is 12.4. The Morgan fingerprint density at radius 3 is 2.32 bits per heavy atom. The van der Waals surface area contributed by atoms with Crippen molar-refractivity contribution in [1.82, 2.24) is 5.32 Å². The molecule has 2 aromatic carbocycles. The van der Waals surface area contributed by atoms with E-state index in [1.54, 1.807) is 38.1 Å². The number of nitrogens with one attached hydrogen (secondary N) is 1. The summed E-state index contributed by atoms with van der Waals surface area (Å²) in [6.07, 6.45) is 0.898. The number of carbonyl (C=O) groups excluding carboxylic acids is 2. The van der Waals surface area contributed by atoms with Gasteiger partial charge in [0.25, 0.3) is 5.91 Å². The Bertz CT molecular complexity index is 923. The molecule has 2 aromatic rings. The number of rotatable bonds is 8. The van der Waals surface area contributed by atoms with Crippen LogP contribution in [0, 0.1) is 0 Å². The fourth-order valence-electron chi connectivity index (χ4n) is 2.76. The highest BCUT2D eigenvalue weighted by molar-refractivity contribution is 7.89. The minimum Gasteiger partial charge on any atom is -0.463 e. The molecule has 0 radical (unpaired) electrons. The molecular formula is C21H25NO5S. The van der Waals surface area contributed by atoms with E-state index in [9.17, 15) is 18.0 Å². The van der Waals surface area contributed by atoms with Crippen LogP contribution in [0.4, 0.5) is 0 Å². The maximum atomic E-state index is 12.7. The molecule has 6 nitrogen and oxygen atoms in total. The molecule has 0 heterocycles. The first-order valence-electron chi connectivity index (χ1n) is 8.96. The highest BCUT2D eigenvalue weighted by Gasteiger charge is 2.21. The molecule has 0 unspecified atom stereocenters. The Hall–Kier alpha value is -2.67. The second-order valence-electron chi connectivity index (χ2n) is 6.95. The monoisotopic (exact) mass is 403 g/mol. The van der Waals surface area contributed by atoms with Gasteiger partial charge in [-0.25, -0.2) is 8.42 Å². The molecule has 2 rings (SSSR count). The second kappa shape index (κ2) is 9.50. The number of sulfone groups is 1. The molecule has 0 saturated carbocycles. The number of benzene rings is 2. The molecule has 0 aliphatic rings. The SMILES string of the molecule is CC(C)OC(=O)C[C@@H](NC(=O)c1cccc(CS(C)(=O)=O)c1)c1ccccc1. The molecule has 0 aliphatic heterocycles. The van der Waals surface area contributed by atoms with E-state index in [-0.39, 0.29) is 24.2 Å². The number of carbonyl (C=O) groups is 2. The molecule has 1 amide bonds. The highest BCUT2D eigenvalue weighted by atomic mass is 32.2. The third kappa shape index (κ3) is 7.15. The predicted molar refractivity (Wildman–Crippen MR) is 107 cm³/mol. The van der Waals surface area contributed by atoms with Crippen LogP contribution < -0.4 is 5.32 Å². The van der Waals surface area contributed by atoms with Crippen molar-refractivity contribution >= 4 is 21.7 Å². The maximum absolute atomic E-state index is 12.7. The Balaban J connectivity index is 2.20. The minimum absolute atomic E-state index is 0.00301. The molecule has 150 valence electrons. The summed E-state index contributed by atoms with van der Waals surface area (Å²) in [6.45, 7) is 3.53. The van der Waals surface area contributed by atoms with Gasteiger partial charge in [-0.05, 0) is 37.1 Å². The number of amides is 1. The van der Waals surface area contributed by atoms with Gasteiger partial charge in [0.05, 0.1) is 24.3 Å². The van der Waals surface area contributed by atoms with Gasteiger partial charge in [-0.1, -0.05) is 42.5 Å². The van der Waals surface area contributed by atoms with Gasteiger partial charge in [-0.3, -0.25) is 9.59 Å². The van der Waals surface area contributed by atoms with E-state index in [1.807, 2.05) is 30.3 Å². The van der Waals surface area contributed by atoms with Gasteiger partial charge in [-0.2, -0.15) is 0 Å². The lowest BCUT2D eigenvalue weighted by Crippen LogP contribution is -2.31. The number of hydrogen-bond acceptors (Lipinski definition) is 5. The van der Waals surface area contributed by atoms with E-state index >= 15 is 0 Å². The van der Waals surface area contributed by atoms with Crippen LogP contribution in [0.2, 0.25) is 0 Å².